The van der Waals surface area contributed by atoms with E-state index >= 15 is 0 Å². The van der Waals surface area contributed by atoms with Crippen molar-refractivity contribution in [2.45, 2.75) is 69.9 Å². The van der Waals surface area contributed by atoms with Gasteiger partial charge in [0.05, 0.1) is 35.4 Å². The molecular weight excluding hydrogens is 986 g/mol. The first-order valence-electron chi connectivity index (χ1n) is 24.8. The molecule has 18 nitrogen and oxygen atoms in total. The van der Waals surface area contributed by atoms with Crippen molar-refractivity contribution in [3.63, 3.8) is 0 Å². The minimum Gasteiger partial charge on any atom is -0.487 e. The Balaban J connectivity index is 0.750. The van der Waals surface area contributed by atoms with Gasteiger partial charge in [0.15, 0.2) is 5.78 Å². The molecule has 1 aromatic heterocycles. The molecule has 4 N–H and O–H groups in total. The monoisotopic (exact) mass is 1040 g/mol. The van der Waals surface area contributed by atoms with Crippen LogP contribution in [-0.2, 0) is 40.4 Å². The number of anilines is 3. The summed E-state index contributed by atoms with van der Waals surface area (Å²) in [7, 11) is 1.96. The number of hydrogen-bond donors (Lipinski definition) is 4. The average molecular weight is 1040 g/mol. The first-order valence-corrected chi connectivity index (χ1v) is 25.5. The van der Waals surface area contributed by atoms with E-state index < -0.39 is 18.0 Å². The molecule has 0 aliphatic carbocycles. The zero-order chi connectivity index (χ0) is 51.6. The first-order chi connectivity index (χ1) is 35.8. The number of ether oxygens (including phenoxy) is 2. The van der Waals surface area contributed by atoms with Gasteiger partial charge in [0, 0.05) is 103 Å². The summed E-state index contributed by atoms with van der Waals surface area (Å²) < 4.78 is 12.6. The smallest absolute Gasteiger partial charge is 0.319 e. The number of rotatable bonds is 15. The molecule has 3 saturated heterocycles. The van der Waals surface area contributed by atoms with Crippen LogP contribution in [0.1, 0.15) is 58.4 Å². The second kappa shape index (κ2) is 21.7. The second-order valence-corrected chi connectivity index (χ2v) is 20.3. The Morgan fingerprint density at radius 1 is 0.959 bits per heavy atom. The van der Waals surface area contributed by atoms with E-state index in [1.807, 2.05) is 31.3 Å². The van der Waals surface area contributed by atoms with Gasteiger partial charge < -0.3 is 40.1 Å². The summed E-state index contributed by atoms with van der Waals surface area (Å²) in [6.07, 6.45) is 2.04. The zero-order valence-electron chi connectivity index (χ0n) is 40.8. The third-order valence-electron chi connectivity index (χ3n) is 14.5. The van der Waals surface area contributed by atoms with Crippen LogP contribution in [0.4, 0.5) is 22.0 Å². The molecule has 20 heteroatoms. The molecule has 5 amide bonds. The van der Waals surface area contributed by atoms with Crippen LogP contribution in [0.3, 0.4) is 0 Å². The number of benzene rings is 4. The number of ketones is 1. The van der Waals surface area contributed by atoms with Crippen LogP contribution in [0.5, 0.6) is 11.8 Å². The number of aromatic nitrogens is 2. The van der Waals surface area contributed by atoms with Crippen molar-refractivity contribution in [3.05, 3.63) is 123 Å². The third kappa shape index (κ3) is 10.7. The number of likely N-dealkylation sites (tertiary alicyclic amines) is 1. The number of fused-ring (bicyclic) bond motifs is 3. The number of likely N-dealkylation sites (N-methyl/N-ethyl adjacent to an activating group) is 1. The van der Waals surface area contributed by atoms with Gasteiger partial charge in [-0.05, 0) is 79.2 Å². The predicted octanol–water partition coefficient (Wildman–Crippen LogP) is 6.18. The number of hydrogen-bond acceptors (Lipinski definition) is 14. The third-order valence-corrected chi connectivity index (χ3v) is 15.1. The van der Waals surface area contributed by atoms with Crippen LogP contribution in [0, 0.1) is 17.2 Å². The molecule has 382 valence electrons. The highest BCUT2D eigenvalue weighted by Gasteiger charge is 2.40. The second-order valence-electron chi connectivity index (χ2n) is 19.4. The topological polar surface area (TPSA) is 214 Å². The average Bonchev–Trinajstić information content (AvgIpc) is 3.94. The number of piperazine rings is 1. The highest BCUT2D eigenvalue weighted by molar-refractivity contribution is 6.36. The van der Waals surface area contributed by atoms with Crippen LogP contribution in [0.15, 0.2) is 84.9 Å². The van der Waals surface area contributed by atoms with Crippen molar-refractivity contribution < 1.29 is 33.4 Å². The molecule has 6 heterocycles. The van der Waals surface area contributed by atoms with Crippen molar-refractivity contribution in [3.8, 4) is 17.8 Å². The number of nitrogens with one attached hydrogen (secondary N) is 4. The number of amides is 5. The van der Waals surface area contributed by atoms with Crippen LogP contribution in [-0.4, -0.2) is 120 Å². The number of carbonyl (C=O) groups excluding carboxylic acids is 5. The van der Waals surface area contributed by atoms with E-state index in [9.17, 15) is 29.2 Å². The summed E-state index contributed by atoms with van der Waals surface area (Å²) >= 11 is 13.1. The number of Topliss-reactive ketones (excluding diaryl/α,β-unsaturated/α-hetero) is 1. The number of imide groups is 1. The van der Waals surface area contributed by atoms with Crippen LogP contribution >= 0.6 is 23.2 Å². The lowest BCUT2D eigenvalue weighted by Crippen LogP contribution is -2.52. The van der Waals surface area contributed by atoms with Gasteiger partial charge in [-0.3, -0.25) is 29.4 Å². The number of nitriles is 1. The molecule has 10 rings (SSSR count). The SMILES string of the molecule is C=C(COc1ccc(Cl)cc1NC(=O)NCc1ccc2c(c1)CN(C1CCC(=O)NC1=O)C2=O)C(=O)C1C[C@@H](COc2nc3c(c(N4CCN[C@@H](CC#N)C4)n2)CCN(c2cccc4cccc(Cl)c24)C3)N(C)C1. The van der Waals surface area contributed by atoms with E-state index in [0.717, 1.165) is 64.3 Å². The Kier molecular flexibility index (Phi) is 14.7. The summed E-state index contributed by atoms with van der Waals surface area (Å²) in [4.78, 5) is 82.6. The summed E-state index contributed by atoms with van der Waals surface area (Å²) in [5.41, 5.74) is 5.46. The van der Waals surface area contributed by atoms with Gasteiger partial charge in [-0.15, -0.1) is 0 Å². The van der Waals surface area contributed by atoms with E-state index in [2.05, 4.69) is 66.8 Å². The highest BCUT2D eigenvalue weighted by atomic mass is 35.5. The van der Waals surface area contributed by atoms with E-state index in [1.54, 1.807) is 30.3 Å². The maximum Gasteiger partial charge on any atom is 0.319 e. The zero-order valence-corrected chi connectivity index (χ0v) is 42.3. The van der Waals surface area contributed by atoms with Crippen molar-refractivity contribution in [2.75, 3.05) is 68.1 Å². The molecule has 2 unspecified atom stereocenters. The molecule has 4 aromatic carbocycles. The van der Waals surface area contributed by atoms with Gasteiger partial charge in [0.1, 0.15) is 30.8 Å². The molecule has 0 saturated carbocycles. The predicted molar refractivity (Wildman–Crippen MR) is 279 cm³/mol. The lowest BCUT2D eigenvalue weighted by atomic mass is 9.96. The van der Waals surface area contributed by atoms with Crippen LogP contribution < -0.4 is 40.5 Å². The summed E-state index contributed by atoms with van der Waals surface area (Å²) in [6.45, 7) is 8.39. The van der Waals surface area contributed by atoms with E-state index in [1.165, 1.54) is 4.90 Å². The normalized spacial score (nSPS) is 20.7. The summed E-state index contributed by atoms with van der Waals surface area (Å²) in [5, 5.41) is 24.0. The van der Waals surface area contributed by atoms with Gasteiger partial charge in [0.25, 0.3) is 5.91 Å². The fourth-order valence-electron chi connectivity index (χ4n) is 10.7. The van der Waals surface area contributed by atoms with Crippen molar-refractivity contribution >= 4 is 80.7 Å². The van der Waals surface area contributed by atoms with Crippen LogP contribution in [0.2, 0.25) is 10.0 Å². The summed E-state index contributed by atoms with van der Waals surface area (Å²) in [5.74, 6) is -0.505. The van der Waals surface area contributed by atoms with Gasteiger partial charge in [-0.2, -0.15) is 15.2 Å². The largest absolute Gasteiger partial charge is 0.487 e. The Hall–Kier alpha value is -7.30. The van der Waals surface area contributed by atoms with Gasteiger partial charge >= 0.3 is 12.0 Å². The van der Waals surface area contributed by atoms with E-state index in [0.29, 0.717) is 54.5 Å². The standard InChI is InChI=1S/C54H55Cl2N11O7/c1-31(29-73-46-13-10-36(55)23-42(46)60-53(72)59-24-32-9-11-39-34(21-32)26-67(52(39)71)45-12-14-47(68)62-51(45)70)49(69)35-22-38(64(2)25-35)30-74-54-61-43-28-65(44-8-4-6-33-5-3-7-41(56)48(33)44)19-16-40(43)50(63-54)66-20-18-58-37(27-66)15-17-57/h3-11,13,21,23,35,37-38,45,58H,1,12,14-16,18-20,22,24-30H2,2H3,(H2,59,60,72)(H,62,68,70)/t35?,37-,38-,45?/m0/s1. The molecular formula is C54H55Cl2N11O7. The molecule has 3 fully saturated rings. The van der Waals surface area contributed by atoms with Crippen molar-refractivity contribution in [1.82, 2.24) is 35.7 Å². The maximum atomic E-state index is 13.9. The summed E-state index contributed by atoms with van der Waals surface area (Å²) in [6, 6.07) is 23.3. The lowest BCUT2D eigenvalue weighted by molar-refractivity contribution is -0.137. The molecule has 74 heavy (non-hydrogen) atoms. The molecule has 5 aliphatic rings. The number of nitrogens with zero attached hydrogens (tertiary/aromatic N) is 7. The van der Waals surface area contributed by atoms with Gasteiger partial charge in [0.2, 0.25) is 11.8 Å². The minimum atomic E-state index is -0.726. The fraction of sp³-hybridized carbons (Fsp3) is 0.370. The Morgan fingerprint density at radius 2 is 1.80 bits per heavy atom. The molecule has 4 atom stereocenters. The van der Waals surface area contributed by atoms with Gasteiger partial charge in [-0.1, -0.05) is 66.2 Å². The quantitative estimate of drug-likeness (QED) is 0.0682. The Morgan fingerprint density at radius 3 is 2.62 bits per heavy atom. The minimum absolute atomic E-state index is 0.00875. The Bertz CT molecular complexity index is 3120. The van der Waals surface area contributed by atoms with Crippen LogP contribution in [0.25, 0.3) is 10.8 Å². The maximum absolute atomic E-state index is 13.9. The number of carbonyl (C=O) groups is 5. The number of piperidine rings is 1. The number of urea groups is 1. The van der Waals surface area contributed by atoms with Gasteiger partial charge in [-0.25, -0.2) is 4.79 Å². The van der Waals surface area contributed by atoms with Crippen molar-refractivity contribution in [2.24, 2.45) is 5.92 Å². The van der Waals surface area contributed by atoms with E-state index in [-0.39, 0.29) is 97.8 Å². The number of halogens is 2. The first kappa shape index (κ1) is 50.2. The molecule has 0 bridgehead atoms. The molecule has 5 aliphatic heterocycles. The fourth-order valence-corrected chi connectivity index (χ4v) is 11.1. The van der Waals surface area contributed by atoms with E-state index in [4.69, 9.17) is 42.6 Å². The lowest BCUT2D eigenvalue weighted by Gasteiger charge is -2.37. The highest BCUT2D eigenvalue weighted by Crippen LogP contribution is 2.38. The Labute approximate surface area is 437 Å². The molecule has 0 spiro atoms. The van der Waals surface area contributed by atoms with Crippen molar-refractivity contribution in [1.29, 1.82) is 5.26 Å². The molecule has 0 radical (unpaired) electrons. The molecule has 5 aromatic rings.